The maximum atomic E-state index is 11.2. The molecule has 0 saturated carbocycles. The van der Waals surface area contributed by atoms with Crippen molar-refractivity contribution in [2.75, 3.05) is 0 Å². The molecule has 31 heavy (non-hydrogen) atoms. The Kier molecular flexibility index (Phi) is 5.87. The van der Waals surface area contributed by atoms with E-state index in [1.807, 2.05) is 38.1 Å². The molecule has 2 aromatic carbocycles. The Morgan fingerprint density at radius 1 is 1.29 bits per heavy atom. The van der Waals surface area contributed by atoms with Crippen molar-refractivity contribution in [2.45, 2.75) is 45.3 Å². The van der Waals surface area contributed by atoms with Crippen molar-refractivity contribution in [3.63, 3.8) is 0 Å². The van der Waals surface area contributed by atoms with Crippen LogP contribution in [-0.4, -0.2) is 27.5 Å². The van der Waals surface area contributed by atoms with Crippen LogP contribution in [0.3, 0.4) is 0 Å². The predicted molar refractivity (Wildman–Crippen MR) is 118 cm³/mol. The van der Waals surface area contributed by atoms with Crippen LogP contribution in [0, 0.1) is 11.3 Å². The fourth-order valence-corrected chi connectivity index (χ4v) is 4.80. The zero-order chi connectivity index (χ0) is 22.0. The molecule has 1 atom stereocenters. The number of carbonyl (C=O) groups is 1. The van der Waals surface area contributed by atoms with Crippen molar-refractivity contribution in [3.8, 4) is 33.0 Å². The van der Waals surface area contributed by atoms with E-state index in [4.69, 9.17) is 9.84 Å². The number of nitriles is 1. The third-order valence-electron chi connectivity index (χ3n) is 5.17. The first-order chi connectivity index (χ1) is 15.0. The number of hydrogen-bond donors (Lipinski definition) is 2. The number of aromatic nitrogens is 2. The molecule has 0 radical (unpaired) electrons. The number of rotatable bonds is 5. The van der Waals surface area contributed by atoms with Crippen LogP contribution in [0.25, 0.3) is 21.1 Å². The lowest BCUT2D eigenvalue weighted by Crippen LogP contribution is -2.29. The molecule has 0 saturated heterocycles. The van der Waals surface area contributed by atoms with E-state index in [1.54, 1.807) is 12.1 Å². The number of benzene rings is 2. The number of amides is 1. The van der Waals surface area contributed by atoms with Crippen molar-refractivity contribution in [1.29, 1.82) is 5.26 Å². The molecule has 0 bridgehead atoms. The topological polar surface area (TPSA) is 108 Å². The second-order valence-electron chi connectivity index (χ2n) is 7.67. The minimum Gasteiger partial charge on any atom is -0.490 e. The molecule has 1 aliphatic rings. The van der Waals surface area contributed by atoms with Crippen LogP contribution in [-0.2, 0) is 6.42 Å². The molecule has 1 aliphatic carbocycles. The van der Waals surface area contributed by atoms with Crippen LogP contribution in [0.2, 0.25) is 0 Å². The Bertz CT molecular complexity index is 1170. The van der Waals surface area contributed by atoms with Gasteiger partial charge in [-0.3, -0.25) is 0 Å². The van der Waals surface area contributed by atoms with E-state index in [0.717, 1.165) is 51.5 Å². The van der Waals surface area contributed by atoms with E-state index in [9.17, 15) is 10.1 Å². The number of fused-ring (bicyclic) bond motifs is 1. The van der Waals surface area contributed by atoms with Gasteiger partial charge in [-0.1, -0.05) is 29.5 Å². The van der Waals surface area contributed by atoms with E-state index in [-0.39, 0.29) is 12.1 Å². The molecule has 1 heterocycles. The van der Waals surface area contributed by atoms with Crippen molar-refractivity contribution >= 4 is 17.4 Å². The van der Waals surface area contributed by atoms with Gasteiger partial charge < -0.3 is 15.2 Å². The molecule has 0 aliphatic heterocycles. The summed E-state index contributed by atoms with van der Waals surface area (Å²) in [5.74, 6) is 0.556. The highest BCUT2D eigenvalue weighted by Crippen LogP contribution is 2.39. The Morgan fingerprint density at radius 3 is 2.84 bits per heavy atom. The second kappa shape index (κ2) is 8.74. The second-order valence-corrected chi connectivity index (χ2v) is 8.65. The summed E-state index contributed by atoms with van der Waals surface area (Å²) in [5.41, 5.74) is 4.38. The summed E-state index contributed by atoms with van der Waals surface area (Å²) in [6.45, 7) is 3.84. The fourth-order valence-electron chi connectivity index (χ4n) is 3.90. The third kappa shape index (κ3) is 4.37. The van der Waals surface area contributed by atoms with Crippen molar-refractivity contribution in [1.82, 2.24) is 15.5 Å². The van der Waals surface area contributed by atoms with Crippen molar-refractivity contribution < 1.29 is 14.6 Å². The molecular formula is C23H22N4O3S. The molecule has 3 aromatic rings. The lowest BCUT2D eigenvalue weighted by atomic mass is 9.85. The van der Waals surface area contributed by atoms with Crippen molar-refractivity contribution in [3.05, 3.63) is 53.1 Å². The standard InChI is InChI=1S/C23H22N4O3S/c1-13(2)30-20-10-9-14(11-15(20)12-24)21-26-27-22(31-21)18-7-3-6-17-16(18)5-4-8-19(17)25-23(28)29/h3,6-7,9-11,13,19,25H,4-5,8H2,1-2H3,(H,28,29). The summed E-state index contributed by atoms with van der Waals surface area (Å²) in [5, 5.41) is 31.5. The Labute approximate surface area is 184 Å². The van der Waals surface area contributed by atoms with Crippen LogP contribution in [0.1, 0.15) is 49.4 Å². The normalized spacial score (nSPS) is 15.2. The summed E-state index contributed by atoms with van der Waals surface area (Å²) in [7, 11) is 0. The van der Waals surface area contributed by atoms with Gasteiger partial charge >= 0.3 is 6.09 Å². The lowest BCUT2D eigenvalue weighted by molar-refractivity contribution is 0.188. The molecule has 0 spiro atoms. The minimum absolute atomic E-state index is 0.0187. The van der Waals surface area contributed by atoms with Crippen LogP contribution in [0.4, 0.5) is 4.79 Å². The summed E-state index contributed by atoms with van der Waals surface area (Å²) >= 11 is 1.46. The molecule has 1 aromatic heterocycles. The fraction of sp³-hybridized carbons (Fsp3) is 0.304. The van der Waals surface area contributed by atoms with Gasteiger partial charge in [0.25, 0.3) is 0 Å². The Morgan fingerprint density at radius 2 is 2.10 bits per heavy atom. The average Bonchev–Trinajstić information content (AvgIpc) is 3.23. The van der Waals surface area contributed by atoms with Gasteiger partial charge in [0.2, 0.25) is 0 Å². The molecular weight excluding hydrogens is 412 g/mol. The lowest BCUT2D eigenvalue weighted by Gasteiger charge is -2.26. The SMILES string of the molecule is CC(C)Oc1ccc(-c2nnc(-c3cccc4c3CCCC4NC(=O)O)s2)cc1C#N. The highest BCUT2D eigenvalue weighted by molar-refractivity contribution is 7.17. The van der Waals surface area contributed by atoms with E-state index in [1.165, 1.54) is 11.3 Å². The Hall–Kier alpha value is -3.44. The number of ether oxygens (including phenoxy) is 1. The Balaban J connectivity index is 1.68. The molecule has 8 heteroatoms. The van der Waals surface area contributed by atoms with Gasteiger partial charge in [0.1, 0.15) is 21.8 Å². The quantitative estimate of drug-likeness (QED) is 0.573. The van der Waals surface area contributed by atoms with Crippen LogP contribution in [0.5, 0.6) is 5.75 Å². The van der Waals surface area contributed by atoms with E-state index in [2.05, 4.69) is 21.6 Å². The zero-order valence-corrected chi connectivity index (χ0v) is 18.1. The van der Waals surface area contributed by atoms with Crippen molar-refractivity contribution in [2.24, 2.45) is 0 Å². The molecule has 1 unspecified atom stereocenters. The molecule has 158 valence electrons. The first-order valence-electron chi connectivity index (χ1n) is 10.1. The van der Waals surface area contributed by atoms with Gasteiger partial charge in [0, 0.05) is 11.1 Å². The monoisotopic (exact) mass is 434 g/mol. The predicted octanol–water partition coefficient (Wildman–Crippen LogP) is 5.18. The highest BCUT2D eigenvalue weighted by atomic mass is 32.1. The number of nitrogens with one attached hydrogen (secondary N) is 1. The van der Waals surface area contributed by atoms with Crippen LogP contribution in [0.15, 0.2) is 36.4 Å². The first-order valence-corrected chi connectivity index (χ1v) is 10.9. The molecule has 1 amide bonds. The van der Waals surface area contributed by atoms with E-state index >= 15 is 0 Å². The summed E-state index contributed by atoms with van der Waals surface area (Å²) < 4.78 is 5.70. The number of carboxylic acid groups (broad SMARTS) is 1. The van der Waals surface area contributed by atoms with Gasteiger partial charge in [-0.2, -0.15) is 5.26 Å². The van der Waals surface area contributed by atoms with E-state index in [0.29, 0.717) is 11.3 Å². The van der Waals surface area contributed by atoms with Crippen LogP contribution >= 0.6 is 11.3 Å². The molecule has 7 nitrogen and oxygen atoms in total. The number of hydrogen-bond acceptors (Lipinski definition) is 6. The first kappa shape index (κ1) is 20.8. The van der Waals surface area contributed by atoms with Gasteiger partial charge in [-0.15, -0.1) is 10.2 Å². The summed E-state index contributed by atoms with van der Waals surface area (Å²) in [4.78, 5) is 11.2. The van der Waals surface area contributed by atoms with Gasteiger partial charge in [-0.05, 0) is 62.4 Å². The maximum absolute atomic E-state index is 11.2. The maximum Gasteiger partial charge on any atom is 0.405 e. The summed E-state index contributed by atoms with van der Waals surface area (Å²) in [6, 6.07) is 13.3. The van der Waals surface area contributed by atoms with Gasteiger partial charge in [-0.25, -0.2) is 4.79 Å². The number of nitrogens with zero attached hydrogens (tertiary/aromatic N) is 3. The molecule has 4 rings (SSSR count). The largest absolute Gasteiger partial charge is 0.490 e. The van der Waals surface area contributed by atoms with Gasteiger partial charge in [0.15, 0.2) is 0 Å². The molecule has 0 fully saturated rings. The zero-order valence-electron chi connectivity index (χ0n) is 17.3. The van der Waals surface area contributed by atoms with E-state index < -0.39 is 6.09 Å². The smallest absolute Gasteiger partial charge is 0.405 e. The van der Waals surface area contributed by atoms with Gasteiger partial charge in [0.05, 0.1) is 17.7 Å². The summed E-state index contributed by atoms with van der Waals surface area (Å²) in [6.07, 6.45) is 1.53. The third-order valence-corrected chi connectivity index (χ3v) is 6.18. The average molecular weight is 435 g/mol. The molecule has 2 N–H and O–H groups in total. The highest BCUT2D eigenvalue weighted by Gasteiger charge is 2.25. The van der Waals surface area contributed by atoms with Crippen LogP contribution < -0.4 is 10.1 Å². The minimum atomic E-state index is -1.01.